The number of nitrogens with two attached hydrogens (primary N) is 1. The number of quaternary nitrogens is 1. The Balaban J connectivity index is 1.82. The van der Waals surface area contributed by atoms with Gasteiger partial charge >= 0.3 is 6.61 Å². The number of hydrogen-bond acceptors (Lipinski definition) is 2. The third-order valence-electron chi connectivity index (χ3n) is 3.94. The van der Waals surface area contributed by atoms with Gasteiger partial charge in [-0.1, -0.05) is 12.8 Å². The first-order valence-corrected chi connectivity index (χ1v) is 7.56. The molecule has 0 saturated heterocycles. The quantitative estimate of drug-likeness (QED) is 0.648. The van der Waals surface area contributed by atoms with Crippen LogP contribution in [0.2, 0.25) is 0 Å². The van der Waals surface area contributed by atoms with Gasteiger partial charge < -0.3 is 10.1 Å². The number of benzene rings is 1. The van der Waals surface area contributed by atoms with E-state index in [0.717, 1.165) is 0 Å². The topological polar surface area (TPSA) is 42.9 Å². The van der Waals surface area contributed by atoms with Crippen molar-refractivity contribution < 1.29 is 23.6 Å². The third-order valence-corrected chi connectivity index (χ3v) is 3.94. The number of carbonyl (C=O) groups excluding carboxylic acids is 1. The third kappa shape index (κ3) is 5.42. The zero-order valence-electron chi connectivity index (χ0n) is 12.1. The number of hydrogen-bond donors (Lipinski definition) is 1. The number of halogens is 2. The lowest BCUT2D eigenvalue weighted by Crippen LogP contribution is -2.91. The van der Waals surface area contributed by atoms with Crippen LogP contribution < -0.4 is 10.1 Å². The first kappa shape index (κ1) is 15.9. The van der Waals surface area contributed by atoms with E-state index in [9.17, 15) is 13.6 Å². The van der Waals surface area contributed by atoms with Crippen LogP contribution in [0.15, 0.2) is 24.3 Å². The molecule has 2 N–H and O–H groups in total. The molecule has 1 fully saturated rings. The Morgan fingerprint density at radius 2 is 1.76 bits per heavy atom. The maximum atomic E-state index is 12.1. The number of ketones is 1. The number of rotatable bonds is 6. The van der Waals surface area contributed by atoms with Crippen molar-refractivity contribution in [2.45, 2.75) is 51.2 Å². The Morgan fingerprint density at radius 3 is 2.33 bits per heavy atom. The van der Waals surface area contributed by atoms with Crippen LogP contribution in [-0.4, -0.2) is 25.0 Å². The van der Waals surface area contributed by atoms with Gasteiger partial charge in [0.15, 0.2) is 0 Å². The van der Waals surface area contributed by atoms with E-state index in [1.807, 2.05) is 0 Å². The average molecular weight is 298 g/mol. The molecule has 5 heteroatoms. The molecule has 21 heavy (non-hydrogen) atoms. The van der Waals surface area contributed by atoms with Crippen LogP contribution in [0.3, 0.4) is 0 Å². The lowest BCUT2D eigenvalue weighted by atomic mass is 10.1. The summed E-state index contributed by atoms with van der Waals surface area (Å²) in [6.45, 7) is -2.42. The zero-order chi connectivity index (χ0) is 15.1. The highest BCUT2D eigenvalue weighted by Crippen LogP contribution is 2.16. The van der Waals surface area contributed by atoms with Crippen molar-refractivity contribution in [3.8, 4) is 5.75 Å². The summed E-state index contributed by atoms with van der Waals surface area (Å²) in [5.74, 6) is 0.108. The Hall–Kier alpha value is -1.49. The number of ether oxygens (including phenoxy) is 1. The van der Waals surface area contributed by atoms with Crippen LogP contribution in [0.25, 0.3) is 0 Å². The van der Waals surface area contributed by atoms with Gasteiger partial charge in [0.05, 0.1) is 6.04 Å². The molecule has 0 unspecified atom stereocenters. The van der Waals surface area contributed by atoms with Crippen molar-refractivity contribution in [1.29, 1.82) is 0 Å². The van der Waals surface area contributed by atoms with Gasteiger partial charge in [-0.25, -0.2) is 0 Å². The molecule has 0 spiro atoms. The molecule has 0 bridgehead atoms. The smallest absolute Gasteiger partial charge is 0.387 e. The molecule has 0 aromatic heterocycles. The summed E-state index contributed by atoms with van der Waals surface area (Å²) in [4.78, 5) is 12.1. The molecule has 116 valence electrons. The number of alkyl halides is 2. The van der Waals surface area contributed by atoms with E-state index >= 15 is 0 Å². The highest BCUT2D eigenvalue weighted by Gasteiger charge is 2.17. The minimum atomic E-state index is -2.84. The predicted octanol–water partition coefficient (Wildman–Crippen LogP) is 2.76. The fourth-order valence-electron chi connectivity index (χ4n) is 2.76. The highest BCUT2D eigenvalue weighted by atomic mass is 19.3. The van der Waals surface area contributed by atoms with Crippen molar-refractivity contribution in [2.24, 2.45) is 0 Å². The Morgan fingerprint density at radius 1 is 1.14 bits per heavy atom. The summed E-state index contributed by atoms with van der Waals surface area (Å²) < 4.78 is 28.4. The summed E-state index contributed by atoms with van der Waals surface area (Å²) in [6.07, 6.45) is 7.43. The van der Waals surface area contributed by atoms with Crippen LogP contribution >= 0.6 is 0 Å². The van der Waals surface area contributed by atoms with Gasteiger partial charge in [0, 0.05) is 5.56 Å². The second-order valence-corrected chi connectivity index (χ2v) is 5.52. The molecule has 0 radical (unpaired) electrons. The van der Waals surface area contributed by atoms with Crippen LogP contribution in [-0.2, 0) is 0 Å². The molecule has 1 aliphatic carbocycles. The van der Waals surface area contributed by atoms with Crippen molar-refractivity contribution in [3.63, 3.8) is 0 Å². The molecule has 1 aromatic carbocycles. The normalized spacial score (nSPS) is 16.7. The number of carbonyl (C=O) groups is 1. The highest BCUT2D eigenvalue weighted by molar-refractivity contribution is 5.96. The summed E-state index contributed by atoms with van der Waals surface area (Å²) >= 11 is 0. The van der Waals surface area contributed by atoms with Gasteiger partial charge in [-0.15, -0.1) is 0 Å². The maximum Gasteiger partial charge on any atom is 0.387 e. The largest absolute Gasteiger partial charge is 0.435 e. The molecular formula is C16H22F2NO2+. The molecule has 0 aliphatic heterocycles. The molecule has 1 aromatic rings. The molecule has 1 aliphatic rings. The maximum absolute atomic E-state index is 12.1. The molecular weight excluding hydrogens is 276 g/mol. The van der Waals surface area contributed by atoms with Crippen molar-refractivity contribution in [1.82, 2.24) is 0 Å². The van der Waals surface area contributed by atoms with E-state index in [1.54, 1.807) is 12.1 Å². The molecule has 3 nitrogen and oxygen atoms in total. The van der Waals surface area contributed by atoms with E-state index in [0.29, 0.717) is 18.2 Å². The van der Waals surface area contributed by atoms with Gasteiger partial charge in [0.25, 0.3) is 0 Å². The van der Waals surface area contributed by atoms with Gasteiger partial charge in [-0.2, -0.15) is 8.78 Å². The molecule has 0 amide bonds. The van der Waals surface area contributed by atoms with E-state index in [2.05, 4.69) is 10.1 Å². The van der Waals surface area contributed by atoms with E-state index in [4.69, 9.17) is 0 Å². The zero-order valence-corrected chi connectivity index (χ0v) is 12.1. The van der Waals surface area contributed by atoms with E-state index < -0.39 is 6.61 Å². The first-order chi connectivity index (χ1) is 10.1. The second kappa shape index (κ2) is 8.08. The fraction of sp³-hybridized carbons (Fsp3) is 0.562. The van der Waals surface area contributed by atoms with Gasteiger partial charge in [0.1, 0.15) is 12.3 Å². The van der Waals surface area contributed by atoms with E-state index in [-0.39, 0.29) is 11.5 Å². The average Bonchev–Trinajstić information content (AvgIpc) is 2.73. The van der Waals surface area contributed by atoms with Crippen LogP contribution in [0.4, 0.5) is 8.78 Å². The number of Topliss-reactive ketones (excluding diaryl/α,β-unsaturated/α-hetero) is 1. The minimum absolute atomic E-state index is 0.0304. The van der Waals surface area contributed by atoms with Crippen molar-refractivity contribution in [2.75, 3.05) is 6.54 Å². The summed E-state index contributed by atoms with van der Waals surface area (Å²) in [5, 5.41) is 2.12. The summed E-state index contributed by atoms with van der Waals surface area (Å²) in [7, 11) is 0. The Bertz CT molecular complexity index is 440. The lowest BCUT2D eigenvalue weighted by Gasteiger charge is -2.12. The fourth-order valence-corrected chi connectivity index (χ4v) is 2.76. The Kier molecular flexibility index (Phi) is 6.11. The summed E-state index contributed by atoms with van der Waals surface area (Å²) in [6, 6.07) is 6.44. The van der Waals surface area contributed by atoms with Gasteiger partial charge in [0.2, 0.25) is 5.78 Å². The van der Waals surface area contributed by atoms with Crippen LogP contribution in [0, 0.1) is 0 Å². The SMILES string of the molecule is O=C(C[NH2+]C1CCCCCC1)c1ccc(OC(F)F)cc1. The standard InChI is InChI=1S/C16H21F2NO2/c17-16(18)21-14-9-7-12(8-10-14)15(20)11-19-13-5-3-1-2-4-6-13/h7-10,13,16,19H,1-6,11H2/p+1. The minimum Gasteiger partial charge on any atom is -0.435 e. The van der Waals surface area contributed by atoms with Crippen molar-refractivity contribution >= 4 is 5.78 Å². The molecule has 0 atom stereocenters. The van der Waals surface area contributed by atoms with Crippen LogP contribution in [0.5, 0.6) is 5.75 Å². The Labute approximate surface area is 123 Å². The molecule has 0 heterocycles. The van der Waals surface area contributed by atoms with Crippen molar-refractivity contribution in [3.05, 3.63) is 29.8 Å². The van der Waals surface area contributed by atoms with E-state index in [1.165, 1.54) is 50.7 Å². The first-order valence-electron chi connectivity index (χ1n) is 7.56. The van der Waals surface area contributed by atoms with Crippen LogP contribution in [0.1, 0.15) is 48.9 Å². The van der Waals surface area contributed by atoms with Gasteiger partial charge in [-0.3, -0.25) is 4.79 Å². The second-order valence-electron chi connectivity index (χ2n) is 5.52. The van der Waals surface area contributed by atoms with Gasteiger partial charge in [-0.05, 0) is 49.9 Å². The molecule has 1 saturated carbocycles. The monoisotopic (exact) mass is 298 g/mol. The lowest BCUT2D eigenvalue weighted by molar-refractivity contribution is -0.679. The summed E-state index contributed by atoms with van der Waals surface area (Å²) in [5.41, 5.74) is 0.543. The predicted molar refractivity (Wildman–Crippen MR) is 75.7 cm³/mol. The molecule has 2 rings (SSSR count).